The van der Waals surface area contributed by atoms with Crippen LogP contribution in [0.15, 0.2) is 0 Å². The van der Waals surface area contributed by atoms with Crippen molar-refractivity contribution >= 4 is 16.2 Å². The first-order chi connectivity index (χ1) is 9.45. The molecule has 0 aromatic heterocycles. The maximum Gasteiger partial charge on any atom is 0.322 e. The van der Waals surface area contributed by atoms with E-state index in [0.29, 0.717) is 39.0 Å². The molecule has 0 radical (unpaired) electrons. The van der Waals surface area contributed by atoms with Gasteiger partial charge >= 0.3 is 5.97 Å². The highest BCUT2D eigenvalue weighted by Crippen LogP contribution is 2.19. The lowest BCUT2D eigenvalue weighted by atomic mass is 10.1. The lowest BCUT2D eigenvalue weighted by molar-refractivity contribution is -0.140. The number of nitrogens with one attached hydrogen (secondary N) is 1. The van der Waals surface area contributed by atoms with Crippen molar-refractivity contribution < 1.29 is 23.1 Å². The quantitative estimate of drug-likeness (QED) is 0.670. The summed E-state index contributed by atoms with van der Waals surface area (Å²) in [4.78, 5) is 11.0. The van der Waals surface area contributed by atoms with Crippen molar-refractivity contribution in [1.82, 2.24) is 13.9 Å². The first kappa shape index (κ1) is 15.6. The fourth-order valence-corrected chi connectivity index (χ4v) is 4.22. The Labute approximate surface area is 118 Å². The van der Waals surface area contributed by atoms with Gasteiger partial charge in [0.2, 0.25) is 0 Å². The van der Waals surface area contributed by atoms with Crippen molar-refractivity contribution in [3.63, 3.8) is 0 Å². The van der Waals surface area contributed by atoms with Gasteiger partial charge in [-0.2, -0.15) is 17.0 Å². The number of rotatable bonds is 4. The predicted molar refractivity (Wildman–Crippen MR) is 71.5 cm³/mol. The van der Waals surface area contributed by atoms with Gasteiger partial charge in [0, 0.05) is 39.8 Å². The highest BCUT2D eigenvalue weighted by atomic mass is 32.2. The first-order valence-corrected chi connectivity index (χ1v) is 8.09. The number of hydrogen-bond donors (Lipinski definition) is 2. The van der Waals surface area contributed by atoms with Gasteiger partial charge in [0.25, 0.3) is 10.2 Å². The second-order valence-corrected chi connectivity index (χ2v) is 6.97. The summed E-state index contributed by atoms with van der Waals surface area (Å²) >= 11 is 0. The van der Waals surface area contributed by atoms with Gasteiger partial charge in [-0.1, -0.05) is 0 Å². The molecule has 0 amide bonds. The summed E-state index contributed by atoms with van der Waals surface area (Å²) < 4.78 is 32.9. The van der Waals surface area contributed by atoms with Gasteiger partial charge in [-0.05, 0) is 12.8 Å². The zero-order chi connectivity index (χ0) is 14.8. The molecule has 0 aromatic rings. The average Bonchev–Trinajstić information content (AvgIpc) is 2.47. The van der Waals surface area contributed by atoms with Crippen LogP contribution in [-0.2, 0) is 19.7 Å². The van der Waals surface area contributed by atoms with Gasteiger partial charge in [0.05, 0.1) is 6.10 Å². The molecule has 2 aliphatic rings. The molecular formula is C11H21N3O5S. The van der Waals surface area contributed by atoms with Gasteiger partial charge in [-0.3, -0.25) is 4.79 Å². The van der Waals surface area contributed by atoms with Gasteiger partial charge in [0.1, 0.15) is 6.04 Å². The molecule has 0 bridgehead atoms. The van der Waals surface area contributed by atoms with E-state index >= 15 is 0 Å². The van der Waals surface area contributed by atoms with Gasteiger partial charge in [-0.25, -0.2) is 0 Å². The van der Waals surface area contributed by atoms with E-state index in [1.54, 1.807) is 7.11 Å². The van der Waals surface area contributed by atoms with Crippen LogP contribution in [0.4, 0.5) is 0 Å². The summed E-state index contributed by atoms with van der Waals surface area (Å²) in [7, 11) is -1.95. The molecule has 2 fully saturated rings. The molecular weight excluding hydrogens is 286 g/mol. The number of carboxylic acid groups (broad SMARTS) is 1. The van der Waals surface area contributed by atoms with E-state index in [4.69, 9.17) is 9.84 Å². The minimum atomic E-state index is -3.58. The molecule has 2 heterocycles. The van der Waals surface area contributed by atoms with Crippen LogP contribution in [-0.4, -0.2) is 80.1 Å². The van der Waals surface area contributed by atoms with Crippen LogP contribution in [0.1, 0.15) is 12.8 Å². The van der Waals surface area contributed by atoms with Crippen LogP contribution in [0.2, 0.25) is 0 Å². The molecule has 0 saturated carbocycles. The van der Waals surface area contributed by atoms with Crippen LogP contribution in [0.25, 0.3) is 0 Å². The number of ether oxygens (including phenoxy) is 1. The number of aliphatic carboxylic acids is 1. The summed E-state index contributed by atoms with van der Waals surface area (Å²) in [5.74, 6) is -1.03. The Balaban J connectivity index is 2.01. The van der Waals surface area contributed by atoms with Crippen molar-refractivity contribution in [2.24, 2.45) is 0 Å². The molecule has 20 heavy (non-hydrogen) atoms. The standard InChI is InChI=1S/C11H21N3O5S/c1-19-9-2-5-13(6-3-9)20(17,18)14-7-4-12-10(8-14)11(15)16/h9-10,12H,2-8H2,1H3,(H,15,16)/t10-/m0/s1. The zero-order valence-electron chi connectivity index (χ0n) is 11.5. The van der Waals surface area contributed by atoms with E-state index in [-0.39, 0.29) is 12.6 Å². The minimum absolute atomic E-state index is 0.0259. The average molecular weight is 307 g/mol. The number of piperidine rings is 1. The summed E-state index contributed by atoms with van der Waals surface area (Å²) in [6.07, 6.45) is 1.45. The molecule has 0 unspecified atom stereocenters. The fraction of sp³-hybridized carbons (Fsp3) is 0.909. The third-order valence-corrected chi connectivity index (χ3v) is 5.83. The Morgan fingerprint density at radius 1 is 1.25 bits per heavy atom. The lowest BCUT2D eigenvalue weighted by Gasteiger charge is -2.37. The van der Waals surface area contributed by atoms with Crippen LogP contribution in [0, 0.1) is 0 Å². The second kappa shape index (κ2) is 6.35. The molecule has 8 nitrogen and oxygen atoms in total. The Morgan fingerprint density at radius 2 is 1.90 bits per heavy atom. The number of hydrogen-bond acceptors (Lipinski definition) is 5. The van der Waals surface area contributed by atoms with Crippen molar-refractivity contribution in [3.8, 4) is 0 Å². The highest BCUT2D eigenvalue weighted by Gasteiger charge is 2.37. The Hall–Kier alpha value is -0.740. The first-order valence-electron chi connectivity index (χ1n) is 6.69. The number of piperazine rings is 1. The molecule has 2 N–H and O–H groups in total. The summed E-state index contributed by atoms with van der Waals surface area (Å²) in [5, 5.41) is 11.8. The van der Waals surface area contributed by atoms with Gasteiger partial charge < -0.3 is 15.2 Å². The minimum Gasteiger partial charge on any atom is -0.480 e. The molecule has 0 aliphatic carbocycles. The zero-order valence-corrected chi connectivity index (χ0v) is 12.3. The maximum absolute atomic E-state index is 12.5. The van der Waals surface area contributed by atoms with Crippen molar-refractivity contribution in [1.29, 1.82) is 0 Å². The van der Waals surface area contributed by atoms with E-state index in [2.05, 4.69) is 5.32 Å². The molecule has 2 rings (SSSR count). The van der Waals surface area contributed by atoms with Crippen LogP contribution >= 0.6 is 0 Å². The largest absolute Gasteiger partial charge is 0.480 e. The van der Waals surface area contributed by atoms with E-state index in [1.807, 2.05) is 0 Å². The predicted octanol–water partition coefficient (Wildman–Crippen LogP) is -1.30. The molecule has 9 heteroatoms. The fourth-order valence-electron chi connectivity index (χ4n) is 2.56. The topological polar surface area (TPSA) is 99.2 Å². The van der Waals surface area contributed by atoms with Gasteiger partial charge in [-0.15, -0.1) is 0 Å². The number of carboxylic acids is 1. The highest BCUT2D eigenvalue weighted by molar-refractivity contribution is 7.86. The number of methoxy groups -OCH3 is 1. The Morgan fingerprint density at radius 3 is 2.45 bits per heavy atom. The molecule has 1 atom stereocenters. The Bertz CT molecular complexity index is 447. The Kier molecular flexibility index (Phi) is 4.97. The molecule has 2 saturated heterocycles. The van der Waals surface area contributed by atoms with Crippen LogP contribution < -0.4 is 5.32 Å². The van der Waals surface area contributed by atoms with Crippen molar-refractivity contribution in [3.05, 3.63) is 0 Å². The summed E-state index contributed by atoms with van der Waals surface area (Å²) in [6, 6.07) is -0.838. The van der Waals surface area contributed by atoms with E-state index in [9.17, 15) is 13.2 Å². The molecule has 116 valence electrons. The van der Waals surface area contributed by atoms with E-state index < -0.39 is 22.2 Å². The lowest BCUT2D eigenvalue weighted by Crippen LogP contribution is -2.59. The number of carbonyl (C=O) groups is 1. The molecule has 2 aliphatic heterocycles. The van der Waals surface area contributed by atoms with Crippen molar-refractivity contribution in [2.75, 3.05) is 39.8 Å². The third kappa shape index (κ3) is 3.29. The maximum atomic E-state index is 12.5. The van der Waals surface area contributed by atoms with E-state index in [0.717, 1.165) is 0 Å². The normalized spacial score (nSPS) is 27.6. The van der Waals surface area contributed by atoms with Gasteiger partial charge in [0.15, 0.2) is 0 Å². The third-order valence-electron chi connectivity index (χ3n) is 3.82. The van der Waals surface area contributed by atoms with Crippen molar-refractivity contribution in [2.45, 2.75) is 25.0 Å². The van der Waals surface area contributed by atoms with Crippen LogP contribution in [0.5, 0.6) is 0 Å². The van der Waals surface area contributed by atoms with E-state index in [1.165, 1.54) is 8.61 Å². The molecule has 0 spiro atoms. The smallest absolute Gasteiger partial charge is 0.322 e. The number of nitrogens with zero attached hydrogens (tertiary/aromatic N) is 2. The monoisotopic (exact) mass is 307 g/mol. The summed E-state index contributed by atoms with van der Waals surface area (Å²) in [6.45, 7) is 1.47. The molecule has 0 aromatic carbocycles. The SMILES string of the molecule is COC1CCN(S(=O)(=O)N2CCN[C@H](C(=O)O)C2)CC1. The summed E-state index contributed by atoms with van der Waals surface area (Å²) in [5.41, 5.74) is 0. The van der Waals surface area contributed by atoms with Crippen LogP contribution in [0.3, 0.4) is 0 Å². The second-order valence-electron chi connectivity index (χ2n) is 5.04.